The molecule has 1 aromatic heterocycles. The highest BCUT2D eigenvalue weighted by molar-refractivity contribution is 7.85. The molecular formula is C38H41ClFNO3S. The Hall–Kier alpha value is -3.19. The third kappa shape index (κ3) is 7.97. The van der Waals surface area contributed by atoms with E-state index >= 15 is 4.39 Å². The number of carbonyl (C=O) groups excluding carboxylic acids is 1. The topological polar surface area (TPSA) is 67.3 Å². The molecule has 2 unspecified atom stereocenters. The minimum absolute atomic E-state index is 0.128. The summed E-state index contributed by atoms with van der Waals surface area (Å²) in [4.78, 5) is 16.7. The Morgan fingerprint density at radius 3 is 2.49 bits per heavy atom. The fourth-order valence-electron chi connectivity index (χ4n) is 5.99. The maximum absolute atomic E-state index is 15.1. The first-order chi connectivity index (χ1) is 21.3. The first-order valence-electron chi connectivity index (χ1n) is 15.5. The van der Waals surface area contributed by atoms with Crippen LogP contribution in [0.25, 0.3) is 23.1 Å². The molecular weight excluding hydrogens is 605 g/mol. The molecule has 45 heavy (non-hydrogen) atoms. The molecule has 4 nitrogen and oxygen atoms in total. The van der Waals surface area contributed by atoms with Gasteiger partial charge in [-0.05, 0) is 105 Å². The van der Waals surface area contributed by atoms with E-state index in [1.54, 1.807) is 13.0 Å². The van der Waals surface area contributed by atoms with Crippen LogP contribution in [0.2, 0.25) is 5.02 Å². The molecule has 0 amide bonds. The lowest BCUT2D eigenvalue weighted by molar-refractivity contribution is -0.118. The summed E-state index contributed by atoms with van der Waals surface area (Å²) in [5.41, 5.74) is 1.16. The number of alkyl halides is 1. The molecule has 0 bridgehead atoms. The molecule has 0 spiro atoms. The van der Waals surface area contributed by atoms with Crippen molar-refractivity contribution >= 4 is 51.2 Å². The molecule has 1 aliphatic carbocycles. The summed E-state index contributed by atoms with van der Waals surface area (Å²) >= 11 is 6.17. The van der Waals surface area contributed by atoms with Crippen molar-refractivity contribution in [1.29, 1.82) is 0 Å². The first kappa shape index (κ1) is 33.2. The lowest BCUT2D eigenvalue weighted by Crippen LogP contribution is -2.42. The van der Waals surface area contributed by atoms with Gasteiger partial charge in [-0.1, -0.05) is 78.3 Å². The highest BCUT2D eigenvalue weighted by Gasteiger charge is 2.46. The number of benzene rings is 3. The number of pyridine rings is 1. The van der Waals surface area contributed by atoms with Gasteiger partial charge in [0.25, 0.3) is 0 Å². The smallest absolute Gasteiger partial charge is 0.137 e. The van der Waals surface area contributed by atoms with Gasteiger partial charge >= 0.3 is 0 Å². The number of Topliss-reactive ketones (excluding diaryl/α,β-unsaturated/α-hetero) is 1. The number of carbonyl (C=O) groups is 1. The monoisotopic (exact) mass is 645 g/mol. The van der Waals surface area contributed by atoms with Crippen LogP contribution in [-0.2, 0) is 27.6 Å². The molecule has 5 rings (SSSR count). The third-order valence-electron chi connectivity index (χ3n) is 9.13. The Morgan fingerprint density at radius 1 is 1.04 bits per heavy atom. The summed E-state index contributed by atoms with van der Waals surface area (Å²) in [6.07, 6.45) is 7.29. The molecule has 0 radical (unpaired) electrons. The van der Waals surface area contributed by atoms with E-state index < -0.39 is 22.1 Å². The highest BCUT2D eigenvalue weighted by atomic mass is 35.5. The summed E-state index contributed by atoms with van der Waals surface area (Å²) in [5, 5.41) is 12.6. The molecule has 4 aromatic rings. The van der Waals surface area contributed by atoms with Crippen molar-refractivity contribution in [2.24, 2.45) is 5.41 Å². The van der Waals surface area contributed by atoms with Crippen LogP contribution in [0.1, 0.15) is 86.6 Å². The molecule has 1 fully saturated rings. The Balaban J connectivity index is 1.43. The number of fused-ring (bicyclic) bond motifs is 1. The van der Waals surface area contributed by atoms with Gasteiger partial charge in [-0.15, -0.1) is 0 Å². The summed E-state index contributed by atoms with van der Waals surface area (Å²) in [6, 6.07) is 25.0. The molecule has 3 aromatic carbocycles. The number of aromatic nitrogens is 1. The van der Waals surface area contributed by atoms with E-state index in [1.165, 1.54) is 20.8 Å². The molecule has 1 heterocycles. The summed E-state index contributed by atoms with van der Waals surface area (Å²) in [5.74, 6) is 0.598. The van der Waals surface area contributed by atoms with E-state index in [2.05, 4.69) is 6.07 Å². The van der Waals surface area contributed by atoms with Crippen LogP contribution in [0.3, 0.4) is 0 Å². The van der Waals surface area contributed by atoms with Crippen LogP contribution < -0.4 is 0 Å². The fraction of sp³-hybridized carbons (Fsp3) is 0.368. The van der Waals surface area contributed by atoms with Gasteiger partial charge in [-0.3, -0.25) is 4.21 Å². The van der Waals surface area contributed by atoms with Crippen LogP contribution in [-0.4, -0.2) is 31.5 Å². The molecule has 1 N–H and O–H groups in total. The van der Waals surface area contributed by atoms with Crippen molar-refractivity contribution in [3.63, 3.8) is 0 Å². The van der Waals surface area contributed by atoms with Crippen LogP contribution in [0.5, 0.6) is 0 Å². The van der Waals surface area contributed by atoms with E-state index in [9.17, 15) is 14.1 Å². The average Bonchev–Trinajstić information content (AvgIpc) is 3.73. The minimum atomic E-state index is -1.86. The van der Waals surface area contributed by atoms with Crippen molar-refractivity contribution in [1.82, 2.24) is 4.98 Å². The Labute approximate surface area is 273 Å². The zero-order chi connectivity index (χ0) is 32.4. The summed E-state index contributed by atoms with van der Waals surface area (Å²) in [7, 11) is -1.25. The second-order valence-corrected chi connectivity index (χ2v) is 15.3. The standard InChI is InChI=1S/C38H41ClFNO3S/c1-26(42)24-38(20-21-38)25-45(44)35(19-15-28-9-5-6-11-33(28)37(4,43)36(2,3)40)30-10-7-8-27(22-30)12-17-32-18-14-29-13-16-31(39)23-34(29)41-32/h5-14,16-18,22-23,35,43H,15,19-21,24-25H2,1-4H3/b17-12+/t35-,37?,45?/m1/s1. The number of rotatable bonds is 13. The minimum Gasteiger partial charge on any atom is -0.382 e. The lowest BCUT2D eigenvalue weighted by Gasteiger charge is -2.35. The molecule has 7 heteroatoms. The number of halogens is 2. The maximum atomic E-state index is 15.1. The second kappa shape index (κ2) is 13.3. The van der Waals surface area contributed by atoms with Gasteiger partial charge in [0, 0.05) is 33.4 Å². The molecule has 236 valence electrons. The number of hydrogen-bond acceptors (Lipinski definition) is 4. The Kier molecular flexibility index (Phi) is 9.79. The lowest BCUT2D eigenvalue weighted by atomic mass is 9.79. The van der Waals surface area contributed by atoms with Crippen LogP contribution >= 0.6 is 11.6 Å². The largest absolute Gasteiger partial charge is 0.382 e. The predicted molar refractivity (Wildman–Crippen MR) is 184 cm³/mol. The Bertz CT molecular complexity index is 1760. The normalized spacial score (nSPS) is 17.2. The van der Waals surface area contributed by atoms with Crippen molar-refractivity contribution in [3.8, 4) is 0 Å². The Morgan fingerprint density at radius 2 is 1.78 bits per heavy atom. The zero-order valence-corrected chi connectivity index (χ0v) is 27.9. The molecule has 1 aliphatic rings. The van der Waals surface area contributed by atoms with E-state index in [-0.39, 0.29) is 16.4 Å². The quantitative estimate of drug-likeness (QED) is 0.157. The maximum Gasteiger partial charge on any atom is 0.137 e. The fourth-order valence-corrected chi connectivity index (χ4v) is 8.19. The second-order valence-electron chi connectivity index (χ2n) is 13.2. The van der Waals surface area contributed by atoms with Gasteiger partial charge < -0.3 is 9.90 Å². The number of aliphatic hydroxyl groups is 1. The number of nitrogens with zero attached hydrogens (tertiary/aromatic N) is 1. The van der Waals surface area contributed by atoms with E-state index in [0.717, 1.165) is 46.1 Å². The highest BCUT2D eigenvalue weighted by Crippen LogP contribution is 2.51. The summed E-state index contributed by atoms with van der Waals surface area (Å²) in [6.45, 7) is 5.88. The van der Waals surface area contributed by atoms with E-state index in [1.807, 2.05) is 78.9 Å². The van der Waals surface area contributed by atoms with Crippen molar-refractivity contribution in [3.05, 3.63) is 112 Å². The first-order valence-corrected chi connectivity index (χ1v) is 17.2. The zero-order valence-electron chi connectivity index (χ0n) is 26.4. The van der Waals surface area contributed by atoms with E-state index in [4.69, 9.17) is 16.6 Å². The van der Waals surface area contributed by atoms with E-state index in [0.29, 0.717) is 35.6 Å². The molecule has 1 saturated carbocycles. The summed E-state index contributed by atoms with van der Waals surface area (Å²) < 4.78 is 29.3. The van der Waals surface area contributed by atoms with Crippen molar-refractivity contribution < 1.29 is 18.5 Å². The predicted octanol–water partition coefficient (Wildman–Crippen LogP) is 9.20. The van der Waals surface area contributed by atoms with Gasteiger partial charge in [-0.25, -0.2) is 9.37 Å². The van der Waals surface area contributed by atoms with Gasteiger partial charge in [-0.2, -0.15) is 0 Å². The SMILES string of the molecule is CC(=O)CC1(CS(=O)[C@H](CCc2ccccc2C(C)(O)C(C)(C)F)c2cccc(/C=C/c3ccc4ccc(Cl)cc4n3)c2)CC1. The average molecular weight is 646 g/mol. The van der Waals surface area contributed by atoms with Crippen molar-refractivity contribution in [2.75, 3.05) is 5.75 Å². The van der Waals surface area contributed by atoms with Crippen LogP contribution in [0.15, 0.2) is 78.9 Å². The van der Waals surface area contributed by atoms with Gasteiger partial charge in [0.15, 0.2) is 0 Å². The molecule has 3 atom stereocenters. The number of hydrogen-bond donors (Lipinski definition) is 1. The van der Waals surface area contributed by atoms with Crippen molar-refractivity contribution in [2.45, 2.75) is 76.3 Å². The van der Waals surface area contributed by atoms with Crippen LogP contribution in [0, 0.1) is 5.41 Å². The van der Waals surface area contributed by atoms with Gasteiger partial charge in [0.1, 0.15) is 17.1 Å². The molecule has 0 aliphatic heterocycles. The third-order valence-corrected chi connectivity index (χ3v) is 11.4. The van der Waals surface area contributed by atoms with Gasteiger partial charge in [0.05, 0.1) is 16.5 Å². The van der Waals surface area contributed by atoms with Crippen LogP contribution in [0.4, 0.5) is 4.39 Å². The molecule has 0 saturated heterocycles. The number of ketones is 1. The van der Waals surface area contributed by atoms with Gasteiger partial charge in [0.2, 0.25) is 0 Å². The number of aryl methyl sites for hydroxylation is 1.